The quantitative estimate of drug-likeness (QED) is 0.186. The Morgan fingerprint density at radius 2 is 1.06 bits per heavy atom. The van der Waals surface area contributed by atoms with Crippen LogP contribution in [0.2, 0.25) is 0 Å². The summed E-state index contributed by atoms with van der Waals surface area (Å²) in [6, 6.07) is 3.46. The SMILES string of the molecule is Cc1cc(NC2O[C@@H](C(O)CO)[C@@H](O)[C@@H]2O)c(NC2O[C@H](C(O)CO)[C@H](O)[C@H]2O)cc1C. The van der Waals surface area contributed by atoms with E-state index in [2.05, 4.69) is 10.6 Å². The molecule has 1 aromatic carbocycles. The van der Waals surface area contributed by atoms with Gasteiger partial charge < -0.3 is 61.0 Å². The second-order valence-electron chi connectivity index (χ2n) is 8.28. The van der Waals surface area contributed by atoms with Crippen molar-refractivity contribution in [3.05, 3.63) is 23.3 Å². The maximum Gasteiger partial charge on any atom is 0.157 e. The van der Waals surface area contributed by atoms with Crippen molar-refractivity contribution in [3.63, 3.8) is 0 Å². The molecule has 12 heteroatoms. The molecule has 0 aromatic heterocycles. The van der Waals surface area contributed by atoms with Crippen LogP contribution >= 0.6 is 0 Å². The van der Waals surface area contributed by atoms with E-state index >= 15 is 0 Å². The summed E-state index contributed by atoms with van der Waals surface area (Å²) in [5, 5.41) is 84.7. The minimum absolute atomic E-state index is 0.403. The van der Waals surface area contributed by atoms with Crippen molar-refractivity contribution in [3.8, 4) is 0 Å². The van der Waals surface area contributed by atoms with Gasteiger partial charge in [0, 0.05) is 0 Å². The molecule has 0 saturated carbocycles. The smallest absolute Gasteiger partial charge is 0.157 e. The molecular formula is C20H32N2O10. The standard InChI is InChI=1S/C20H32N2O10/c1-7-3-9(21-19-15(29)13(27)17(31-19)11(25)5-23)10(4-8(7)2)22-20-16(30)14(28)18(32-20)12(26)6-24/h3-4,11-30H,5-6H2,1-2H3/t11?,12?,13-,14+,15-,16+,17-,18+,19?,20?. The number of benzene rings is 1. The van der Waals surface area contributed by atoms with Crippen molar-refractivity contribution in [1.82, 2.24) is 0 Å². The first-order valence-corrected chi connectivity index (χ1v) is 10.3. The third kappa shape index (κ3) is 4.84. The number of nitrogens with one attached hydrogen (secondary N) is 2. The van der Waals surface area contributed by atoms with Crippen LogP contribution in [0, 0.1) is 13.8 Å². The monoisotopic (exact) mass is 460 g/mol. The van der Waals surface area contributed by atoms with Gasteiger partial charge in [-0.05, 0) is 37.1 Å². The van der Waals surface area contributed by atoms with Gasteiger partial charge >= 0.3 is 0 Å². The van der Waals surface area contributed by atoms with Crippen molar-refractivity contribution in [2.24, 2.45) is 0 Å². The molecular weight excluding hydrogens is 428 g/mol. The van der Waals surface area contributed by atoms with Gasteiger partial charge in [-0.1, -0.05) is 0 Å². The van der Waals surface area contributed by atoms with Crippen LogP contribution < -0.4 is 10.6 Å². The number of aryl methyl sites for hydroxylation is 2. The Kier molecular flexibility index (Phi) is 7.93. The van der Waals surface area contributed by atoms with E-state index in [9.17, 15) is 30.6 Å². The van der Waals surface area contributed by atoms with Crippen molar-refractivity contribution >= 4 is 11.4 Å². The highest BCUT2D eigenvalue weighted by Gasteiger charge is 2.47. The van der Waals surface area contributed by atoms with Crippen LogP contribution in [0.4, 0.5) is 11.4 Å². The molecule has 2 fully saturated rings. The number of hydrogen-bond donors (Lipinski definition) is 10. The Labute approximate surface area is 184 Å². The van der Waals surface area contributed by atoms with Gasteiger partial charge in [-0.15, -0.1) is 0 Å². The normalized spacial score (nSPS) is 36.8. The van der Waals surface area contributed by atoms with Gasteiger partial charge in [0.25, 0.3) is 0 Å². The van der Waals surface area contributed by atoms with Gasteiger partial charge in [0.05, 0.1) is 24.6 Å². The Morgan fingerprint density at radius 1 is 0.719 bits per heavy atom. The summed E-state index contributed by atoms with van der Waals surface area (Å²) in [5.74, 6) is 0. The van der Waals surface area contributed by atoms with Crippen LogP contribution in [0.1, 0.15) is 11.1 Å². The minimum atomic E-state index is -1.44. The largest absolute Gasteiger partial charge is 0.394 e. The fraction of sp³-hybridized carbons (Fsp3) is 0.700. The average Bonchev–Trinajstić information content (AvgIpc) is 3.21. The predicted molar refractivity (Wildman–Crippen MR) is 111 cm³/mol. The zero-order valence-corrected chi connectivity index (χ0v) is 17.7. The first-order chi connectivity index (χ1) is 15.1. The van der Waals surface area contributed by atoms with E-state index in [0.29, 0.717) is 11.4 Å². The number of anilines is 2. The molecule has 0 radical (unpaired) electrons. The second-order valence-corrected chi connectivity index (χ2v) is 8.28. The Bertz CT molecular complexity index is 720. The fourth-order valence-electron chi connectivity index (χ4n) is 3.85. The maximum absolute atomic E-state index is 10.3. The zero-order chi connectivity index (χ0) is 23.7. The molecule has 32 heavy (non-hydrogen) atoms. The number of aliphatic hydroxyl groups excluding tert-OH is 8. The molecule has 2 aliphatic rings. The van der Waals surface area contributed by atoms with Crippen LogP contribution in [-0.2, 0) is 9.47 Å². The molecule has 0 spiro atoms. The lowest BCUT2D eigenvalue weighted by Crippen LogP contribution is -2.41. The van der Waals surface area contributed by atoms with Gasteiger partial charge in [-0.2, -0.15) is 0 Å². The minimum Gasteiger partial charge on any atom is -0.394 e. The van der Waals surface area contributed by atoms with E-state index in [1.54, 1.807) is 12.1 Å². The molecule has 10 atom stereocenters. The molecule has 1 aromatic rings. The summed E-state index contributed by atoms with van der Waals surface area (Å²) in [6.07, 6.45) is -13.1. The third-order valence-corrected chi connectivity index (χ3v) is 5.96. The molecule has 182 valence electrons. The number of ether oxygens (including phenoxy) is 2. The Morgan fingerprint density at radius 3 is 1.38 bits per heavy atom. The lowest BCUT2D eigenvalue weighted by molar-refractivity contribution is -0.0776. The molecule has 4 unspecified atom stereocenters. The molecule has 0 aliphatic carbocycles. The maximum atomic E-state index is 10.3. The van der Waals surface area contributed by atoms with Gasteiger partial charge in [-0.25, -0.2) is 0 Å². The van der Waals surface area contributed by atoms with Crippen molar-refractivity contribution in [2.75, 3.05) is 23.8 Å². The molecule has 0 bridgehead atoms. The van der Waals surface area contributed by atoms with Crippen LogP contribution in [0.3, 0.4) is 0 Å². The van der Waals surface area contributed by atoms with Gasteiger partial charge in [0.2, 0.25) is 0 Å². The molecule has 2 aliphatic heterocycles. The molecule has 2 saturated heterocycles. The molecule has 0 amide bonds. The highest BCUT2D eigenvalue weighted by atomic mass is 16.6. The highest BCUT2D eigenvalue weighted by molar-refractivity contribution is 5.71. The van der Waals surface area contributed by atoms with E-state index in [-0.39, 0.29) is 0 Å². The summed E-state index contributed by atoms with van der Waals surface area (Å²) in [5.41, 5.74) is 2.55. The van der Waals surface area contributed by atoms with E-state index in [0.717, 1.165) is 11.1 Å². The lowest BCUT2D eigenvalue weighted by atomic mass is 10.0. The van der Waals surface area contributed by atoms with E-state index in [1.165, 1.54) is 0 Å². The number of aliphatic hydroxyl groups is 8. The van der Waals surface area contributed by atoms with Crippen LogP contribution in [-0.4, -0.2) is 115 Å². The topological polar surface area (TPSA) is 204 Å². The van der Waals surface area contributed by atoms with E-state index < -0.39 is 74.5 Å². The van der Waals surface area contributed by atoms with E-state index in [1.807, 2.05) is 13.8 Å². The first kappa shape index (κ1) is 25.1. The summed E-state index contributed by atoms with van der Waals surface area (Å²) >= 11 is 0. The molecule has 12 nitrogen and oxygen atoms in total. The Balaban J connectivity index is 1.81. The second kappa shape index (κ2) is 10.1. The first-order valence-electron chi connectivity index (χ1n) is 10.3. The van der Waals surface area contributed by atoms with Crippen molar-refractivity contribution < 1.29 is 50.3 Å². The lowest BCUT2D eigenvalue weighted by Gasteiger charge is -2.25. The molecule has 2 heterocycles. The third-order valence-electron chi connectivity index (χ3n) is 5.96. The summed E-state index contributed by atoms with van der Waals surface area (Å²) in [4.78, 5) is 0. The van der Waals surface area contributed by atoms with Crippen molar-refractivity contribution in [1.29, 1.82) is 0 Å². The van der Waals surface area contributed by atoms with Crippen LogP contribution in [0.5, 0.6) is 0 Å². The summed E-state index contributed by atoms with van der Waals surface area (Å²) in [6.45, 7) is 2.39. The zero-order valence-electron chi connectivity index (χ0n) is 17.7. The molecule has 3 rings (SSSR count). The van der Waals surface area contributed by atoms with Gasteiger partial charge in [0.15, 0.2) is 12.5 Å². The van der Waals surface area contributed by atoms with E-state index in [4.69, 9.17) is 19.7 Å². The van der Waals surface area contributed by atoms with Gasteiger partial charge in [0.1, 0.15) is 48.8 Å². The summed E-state index contributed by atoms with van der Waals surface area (Å²) in [7, 11) is 0. The van der Waals surface area contributed by atoms with Crippen molar-refractivity contribution in [2.45, 2.75) is 75.1 Å². The number of hydrogen-bond acceptors (Lipinski definition) is 12. The van der Waals surface area contributed by atoms with Crippen LogP contribution in [0.15, 0.2) is 12.1 Å². The summed E-state index contributed by atoms with van der Waals surface area (Å²) < 4.78 is 11.0. The predicted octanol–water partition coefficient (Wildman–Crippen LogP) is -3.27. The van der Waals surface area contributed by atoms with Crippen LogP contribution in [0.25, 0.3) is 0 Å². The Hall–Kier alpha value is -1.58. The average molecular weight is 460 g/mol. The van der Waals surface area contributed by atoms with Gasteiger partial charge in [-0.3, -0.25) is 0 Å². The number of rotatable bonds is 8. The highest BCUT2D eigenvalue weighted by Crippen LogP contribution is 2.33. The molecule has 10 N–H and O–H groups in total. The fourth-order valence-corrected chi connectivity index (χ4v) is 3.85.